The molecule has 1 aromatic carbocycles. The molecule has 0 atom stereocenters. The Bertz CT molecular complexity index is 594. The van der Waals surface area contributed by atoms with E-state index in [0.29, 0.717) is 18.9 Å². The van der Waals surface area contributed by atoms with Crippen molar-refractivity contribution in [3.05, 3.63) is 51.6 Å². The number of hydrogen-bond donors (Lipinski definition) is 1. The smallest absolute Gasteiger partial charge is 0.328 e. The molecule has 19 heavy (non-hydrogen) atoms. The number of nitrogens with zero attached hydrogens (tertiary/aromatic N) is 1. The van der Waals surface area contributed by atoms with Crippen LogP contribution in [0.5, 0.6) is 0 Å². The predicted octanol–water partition coefficient (Wildman–Crippen LogP) is 2.55. The summed E-state index contributed by atoms with van der Waals surface area (Å²) in [6, 6.07) is 1.33. The van der Waals surface area contributed by atoms with Crippen LogP contribution in [-0.4, -0.2) is 16.0 Å². The number of allylic oxidation sites excluding steroid dienone is 1. The SMILES string of the molecule is O=C(O)/C=C/C1(c2cc(F)cc(F)c2[N+](=O)[O-])CC1. The molecule has 1 N–H and O–H groups in total. The van der Waals surface area contributed by atoms with Crippen LogP contribution in [-0.2, 0) is 10.2 Å². The fraction of sp³-hybridized carbons (Fsp3) is 0.250. The first-order valence-electron chi connectivity index (χ1n) is 5.42. The molecule has 0 spiro atoms. The molecule has 1 aromatic rings. The number of nitro benzene ring substituents is 1. The first kappa shape index (κ1) is 13.1. The topological polar surface area (TPSA) is 80.4 Å². The summed E-state index contributed by atoms with van der Waals surface area (Å²) in [5.74, 6) is -3.39. The third kappa shape index (κ3) is 2.44. The van der Waals surface area contributed by atoms with E-state index in [0.717, 1.165) is 12.1 Å². The molecular weight excluding hydrogens is 260 g/mol. The van der Waals surface area contributed by atoms with Gasteiger partial charge in [0, 0.05) is 23.1 Å². The number of aliphatic carboxylic acids is 1. The van der Waals surface area contributed by atoms with Crippen molar-refractivity contribution < 1.29 is 23.6 Å². The van der Waals surface area contributed by atoms with Crippen LogP contribution in [0.15, 0.2) is 24.3 Å². The molecule has 0 radical (unpaired) electrons. The molecule has 5 nitrogen and oxygen atoms in total. The summed E-state index contributed by atoms with van der Waals surface area (Å²) in [5, 5.41) is 19.4. The summed E-state index contributed by atoms with van der Waals surface area (Å²) in [6.45, 7) is 0. The Labute approximate surface area is 106 Å². The summed E-state index contributed by atoms with van der Waals surface area (Å²) in [6.07, 6.45) is 2.91. The molecule has 0 bridgehead atoms. The normalized spacial score (nSPS) is 16.5. The lowest BCUT2D eigenvalue weighted by molar-refractivity contribution is -0.388. The third-order valence-corrected chi connectivity index (χ3v) is 3.08. The minimum absolute atomic E-state index is 0.118. The molecule has 0 aliphatic heterocycles. The lowest BCUT2D eigenvalue weighted by Gasteiger charge is -2.11. The fourth-order valence-electron chi connectivity index (χ4n) is 2.02. The van der Waals surface area contributed by atoms with E-state index in [1.54, 1.807) is 0 Å². The second-order valence-corrected chi connectivity index (χ2v) is 4.37. The van der Waals surface area contributed by atoms with Gasteiger partial charge in [0.2, 0.25) is 5.82 Å². The van der Waals surface area contributed by atoms with Gasteiger partial charge in [-0.15, -0.1) is 0 Å². The molecular formula is C12H9F2NO4. The van der Waals surface area contributed by atoms with Crippen LogP contribution in [0, 0.1) is 21.7 Å². The fourth-order valence-corrected chi connectivity index (χ4v) is 2.02. The van der Waals surface area contributed by atoms with Gasteiger partial charge in [0.1, 0.15) is 5.82 Å². The molecule has 1 aliphatic rings. The Morgan fingerprint density at radius 1 is 1.42 bits per heavy atom. The van der Waals surface area contributed by atoms with Gasteiger partial charge >= 0.3 is 11.7 Å². The van der Waals surface area contributed by atoms with Crippen molar-refractivity contribution in [2.45, 2.75) is 18.3 Å². The van der Waals surface area contributed by atoms with Gasteiger partial charge < -0.3 is 5.11 Å². The first-order valence-corrected chi connectivity index (χ1v) is 5.42. The minimum Gasteiger partial charge on any atom is -0.478 e. The molecule has 0 heterocycles. The maximum atomic E-state index is 13.5. The molecule has 1 saturated carbocycles. The Morgan fingerprint density at radius 2 is 2.05 bits per heavy atom. The number of rotatable bonds is 4. The Kier molecular flexibility index (Phi) is 3.05. The summed E-state index contributed by atoms with van der Waals surface area (Å²) < 4.78 is 26.7. The van der Waals surface area contributed by atoms with Crippen molar-refractivity contribution in [3.8, 4) is 0 Å². The molecule has 100 valence electrons. The van der Waals surface area contributed by atoms with E-state index in [2.05, 4.69) is 0 Å². The number of hydrogen-bond acceptors (Lipinski definition) is 3. The molecule has 1 aliphatic carbocycles. The maximum Gasteiger partial charge on any atom is 0.328 e. The van der Waals surface area contributed by atoms with Crippen molar-refractivity contribution in [1.82, 2.24) is 0 Å². The lowest BCUT2D eigenvalue weighted by Crippen LogP contribution is -2.10. The molecule has 1 fully saturated rings. The van der Waals surface area contributed by atoms with Crippen LogP contribution < -0.4 is 0 Å². The van der Waals surface area contributed by atoms with Crippen LogP contribution in [0.4, 0.5) is 14.5 Å². The number of carboxylic acid groups (broad SMARTS) is 1. The number of carbonyl (C=O) groups is 1. The quantitative estimate of drug-likeness (QED) is 0.517. The van der Waals surface area contributed by atoms with E-state index < -0.39 is 33.6 Å². The molecule has 0 aromatic heterocycles. The van der Waals surface area contributed by atoms with E-state index in [9.17, 15) is 23.7 Å². The molecule has 0 saturated heterocycles. The van der Waals surface area contributed by atoms with Crippen LogP contribution in [0.25, 0.3) is 0 Å². The summed E-state index contributed by atoms with van der Waals surface area (Å²) in [4.78, 5) is 20.4. The Hall–Kier alpha value is -2.31. The minimum atomic E-state index is -1.25. The number of nitro groups is 1. The van der Waals surface area contributed by atoms with Crippen molar-refractivity contribution in [3.63, 3.8) is 0 Å². The van der Waals surface area contributed by atoms with Crippen molar-refractivity contribution in [2.75, 3.05) is 0 Å². The highest BCUT2D eigenvalue weighted by Crippen LogP contribution is 2.52. The van der Waals surface area contributed by atoms with Gasteiger partial charge in [0.25, 0.3) is 0 Å². The number of benzene rings is 1. The zero-order chi connectivity index (χ0) is 14.2. The monoisotopic (exact) mass is 269 g/mol. The van der Waals surface area contributed by atoms with Gasteiger partial charge in [-0.3, -0.25) is 10.1 Å². The largest absolute Gasteiger partial charge is 0.478 e. The van der Waals surface area contributed by atoms with Gasteiger partial charge in [-0.2, -0.15) is 4.39 Å². The second-order valence-electron chi connectivity index (χ2n) is 4.37. The first-order chi connectivity index (χ1) is 8.85. The van der Waals surface area contributed by atoms with E-state index in [1.165, 1.54) is 6.08 Å². The van der Waals surface area contributed by atoms with E-state index in [4.69, 9.17) is 5.11 Å². The van der Waals surface area contributed by atoms with Gasteiger partial charge in [-0.1, -0.05) is 6.08 Å². The van der Waals surface area contributed by atoms with Crippen molar-refractivity contribution in [2.24, 2.45) is 0 Å². The summed E-state index contributed by atoms with van der Waals surface area (Å²) in [5.41, 5.74) is -1.87. The highest BCUT2D eigenvalue weighted by molar-refractivity contribution is 5.80. The highest BCUT2D eigenvalue weighted by atomic mass is 19.1. The van der Waals surface area contributed by atoms with E-state index in [1.807, 2.05) is 0 Å². The van der Waals surface area contributed by atoms with Crippen LogP contribution in [0.1, 0.15) is 18.4 Å². The summed E-state index contributed by atoms with van der Waals surface area (Å²) in [7, 11) is 0. The average Bonchev–Trinajstić information content (AvgIpc) is 3.05. The molecule has 0 amide bonds. The standard InChI is InChI=1S/C12H9F2NO4/c13-7-5-8(11(15(18)19)9(14)6-7)12(3-4-12)2-1-10(16)17/h1-2,5-6H,3-4H2,(H,16,17)/b2-1+. The molecule has 7 heteroatoms. The Morgan fingerprint density at radius 3 is 2.53 bits per heavy atom. The number of carboxylic acids is 1. The zero-order valence-electron chi connectivity index (χ0n) is 9.60. The third-order valence-electron chi connectivity index (χ3n) is 3.08. The van der Waals surface area contributed by atoms with E-state index in [-0.39, 0.29) is 5.56 Å². The van der Waals surface area contributed by atoms with Gasteiger partial charge in [0.15, 0.2) is 0 Å². The lowest BCUT2D eigenvalue weighted by atomic mass is 9.93. The van der Waals surface area contributed by atoms with E-state index >= 15 is 0 Å². The predicted molar refractivity (Wildman–Crippen MR) is 60.7 cm³/mol. The molecule has 2 rings (SSSR count). The average molecular weight is 269 g/mol. The maximum absolute atomic E-state index is 13.5. The zero-order valence-corrected chi connectivity index (χ0v) is 9.60. The summed E-state index contributed by atoms with van der Waals surface area (Å²) >= 11 is 0. The highest BCUT2D eigenvalue weighted by Gasteiger charge is 2.47. The second kappa shape index (κ2) is 4.42. The number of halogens is 2. The molecule has 0 unspecified atom stereocenters. The van der Waals surface area contributed by atoms with Gasteiger partial charge in [-0.05, 0) is 18.9 Å². The van der Waals surface area contributed by atoms with Gasteiger partial charge in [-0.25, -0.2) is 9.18 Å². The van der Waals surface area contributed by atoms with Crippen molar-refractivity contribution >= 4 is 11.7 Å². The van der Waals surface area contributed by atoms with Crippen LogP contribution >= 0.6 is 0 Å². The van der Waals surface area contributed by atoms with Crippen molar-refractivity contribution in [1.29, 1.82) is 0 Å². The van der Waals surface area contributed by atoms with Crippen LogP contribution in [0.2, 0.25) is 0 Å². The van der Waals surface area contributed by atoms with Gasteiger partial charge in [0.05, 0.1) is 4.92 Å². The van der Waals surface area contributed by atoms with Crippen LogP contribution in [0.3, 0.4) is 0 Å². The Balaban J connectivity index is 2.56.